The summed E-state index contributed by atoms with van der Waals surface area (Å²) in [5, 5.41) is 12.4. The van der Waals surface area contributed by atoms with Crippen molar-refractivity contribution in [3.05, 3.63) is 131 Å². The number of Topliss-reactive ketones (excluding diaryl/α,β-unsaturated/α-hetero) is 1. The van der Waals surface area contributed by atoms with Crippen LogP contribution in [0.5, 0.6) is 0 Å². The van der Waals surface area contributed by atoms with Gasteiger partial charge in [-0.05, 0) is 59.5 Å². The Bertz CT molecular complexity index is 1660. The van der Waals surface area contributed by atoms with E-state index >= 15 is 0 Å². The maximum absolute atomic E-state index is 13.3. The molecule has 2 N–H and O–H groups in total. The first-order valence-corrected chi connectivity index (χ1v) is 13.3. The molecule has 5 aromatic rings. The minimum absolute atomic E-state index is 0.348. The summed E-state index contributed by atoms with van der Waals surface area (Å²) in [5.74, 6) is 6.26. The van der Waals surface area contributed by atoms with E-state index < -0.39 is 6.10 Å². The number of nitrogens with one attached hydrogen (secondary N) is 1. The van der Waals surface area contributed by atoms with Crippen LogP contribution in [0.4, 0.5) is 0 Å². The molecule has 0 aliphatic heterocycles. The number of aromatic amines is 1. The molecule has 0 radical (unpaired) electrons. The Morgan fingerprint density at radius 1 is 0.950 bits per heavy atom. The molecule has 0 amide bonds. The number of nitrogens with zero attached hydrogens (tertiary/aromatic N) is 1. The predicted molar refractivity (Wildman–Crippen MR) is 160 cm³/mol. The number of carbonyl (C=O) groups is 1. The number of aliphatic hydroxyl groups excluding tert-OH is 1. The molecular formula is C35H32N2O3. The number of rotatable bonds is 9. The third kappa shape index (κ3) is 6.22. The first-order chi connectivity index (χ1) is 19.5. The number of likely N-dealkylation sites (N-methyl/N-ethyl adjacent to an activating group) is 1. The van der Waals surface area contributed by atoms with Gasteiger partial charge in [-0.1, -0.05) is 78.6 Å². The highest BCUT2D eigenvalue weighted by Gasteiger charge is 2.24. The number of carbonyl (C=O) groups excluding carboxylic acids is 1. The molecular weight excluding hydrogens is 496 g/mol. The van der Waals surface area contributed by atoms with Crippen LogP contribution in [0.2, 0.25) is 0 Å². The fourth-order valence-electron chi connectivity index (χ4n) is 4.80. The number of fused-ring (bicyclic) bond motifs is 1. The minimum Gasteiger partial charge on any atom is -0.383 e. The summed E-state index contributed by atoms with van der Waals surface area (Å²) < 4.78 is 5.16. The van der Waals surface area contributed by atoms with E-state index in [2.05, 4.69) is 40.9 Å². The van der Waals surface area contributed by atoms with Crippen molar-refractivity contribution in [2.75, 3.05) is 27.3 Å². The van der Waals surface area contributed by atoms with Gasteiger partial charge >= 0.3 is 0 Å². The van der Waals surface area contributed by atoms with E-state index in [-0.39, 0.29) is 5.78 Å². The standard InChI is InChI=1S/C35H32N2O3/c1-37(21-22-40-2)24-26-13-11-25(12-14-26)15-16-28-9-6-10-31(35(39)34(38)29-7-4-3-5-8-29)33(28)30-18-17-27-19-20-36-32(27)23-30/h3-14,17-20,23,35-36,39H,21-22,24H2,1-2H3. The number of benzene rings is 4. The molecule has 1 unspecified atom stereocenters. The number of ketones is 1. The second-order valence-electron chi connectivity index (χ2n) is 9.86. The summed E-state index contributed by atoms with van der Waals surface area (Å²) in [6, 6.07) is 30.8. The van der Waals surface area contributed by atoms with Crippen LogP contribution in [0, 0.1) is 11.8 Å². The van der Waals surface area contributed by atoms with Crippen molar-refractivity contribution in [2.24, 2.45) is 0 Å². The van der Waals surface area contributed by atoms with Gasteiger partial charge in [0.2, 0.25) is 0 Å². The highest BCUT2D eigenvalue weighted by molar-refractivity contribution is 6.01. The lowest BCUT2D eigenvalue weighted by molar-refractivity contribution is 0.0748. The van der Waals surface area contributed by atoms with E-state index in [0.717, 1.165) is 46.2 Å². The van der Waals surface area contributed by atoms with E-state index in [1.807, 2.05) is 60.8 Å². The molecule has 0 fully saturated rings. The van der Waals surface area contributed by atoms with Gasteiger partial charge in [0, 0.05) is 54.2 Å². The summed E-state index contributed by atoms with van der Waals surface area (Å²) in [4.78, 5) is 18.7. The van der Waals surface area contributed by atoms with Crippen LogP contribution in [-0.2, 0) is 11.3 Å². The Morgan fingerprint density at radius 2 is 1.75 bits per heavy atom. The van der Waals surface area contributed by atoms with Gasteiger partial charge in [0.25, 0.3) is 0 Å². The summed E-state index contributed by atoms with van der Waals surface area (Å²) >= 11 is 0. The molecule has 0 spiro atoms. The Labute approximate surface area is 235 Å². The fraction of sp³-hybridized carbons (Fsp3) is 0.171. The van der Waals surface area contributed by atoms with E-state index in [9.17, 15) is 9.90 Å². The lowest BCUT2D eigenvalue weighted by Crippen LogP contribution is -2.22. The van der Waals surface area contributed by atoms with Crippen molar-refractivity contribution in [1.29, 1.82) is 0 Å². The van der Waals surface area contributed by atoms with Crippen LogP contribution in [0.3, 0.4) is 0 Å². The average Bonchev–Trinajstić information content (AvgIpc) is 3.47. The van der Waals surface area contributed by atoms with Gasteiger partial charge in [-0.25, -0.2) is 0 Å². The lowest BCUT2D eigenvalue weighted by Gasteiger charge is -2.17. The summed E-state index contributed by atoms with van der Waals surface area (Å²) in [6.45, 7) is 2.39. The topological polar surface area (TPSA) is 65.6 Å². The molecule has 0 aliphatic rings. The smallest absolute Gasteiger partial charge is 0.195 e. The predicted octanol–water partition coefficient (Wildman–Crippen LogP) is 6.23. The zero-order valence-corrected chi connectivity index (χ0v) is 22.7. The fourth-order valence-corrected chi connectivity index (χ4v) is 4.80. The second kappa shape index (κ2) is 12.6. The number of hydrogen-bond acceptors (Lipinski definition) is 4. The van der Waals surface area contributed by atoms with Crippen LogP contribution in [0.15, 0.2) is 103 Å². The highest BCUT2D eigenvalue weighted by atomic mass is 16.5. The lowest BCUT2D eigenvalue weighted by atomic mass is 9.88. The summed E-state index contributed by atoms with van der Waals surface area (Å²) in [7, 11) is 3.78. The van der Waals surface area contributed by atoms with Gasteiger partial charge < -0.3 is 14.8 Å². The third-order valence-corrected chi connectivity index (χ3v) is 6.97. The number of aliphatic hydroxyl groups is 1. The van der Waals surface area contributed by atoms with Gasteiger partial charge in [-0.3, -0.25) is 9.69 Å². The number of aromatic nitrogens is 1. The van der Waals surface area contributed by atoms with Gasteiger partial charge in [0.05, 0.1) is 6.61 Å². The SMILES string of the molecule is COCCN(C)Cc1ccc(C#Cc2cccc(C(O)C(=O)c3ccccc3)c2-c2ccc3cc[nH]c3c2)cc1. The molecule has 1 aromatic heterocycles. The monoisotopic (exact) mass is 528 g/mol. The first kappa shape index (κ1) is 27.1. The molecule has 0 aliphatic carbocycles. The molecule has 5 heteroatoms. The first-order valence-electron chi connectivity index (χ1n) is 13.3. The van der Waals surface area contributed by atoms with Crippen molar-refractivity contribution in [2.45, 2.75) is 12.6 Å². The molecule has 0 saturated carbocycles. The second-order valence-corrected chi connectivity index (χ2v) is 9.86. The highest BCUT2D eigenvalue weighted by Crippen LogP contribution is 2.34. The van der Waals surface area contributed by atoms with E-state index in [0.29, 0.717) is 17.7 Å². The van der Waals surface area contributed by atoms with Gasteiger partial charge in [-0.2, -0.15) is 0 Å². The molecule has 5 nitrogen and oxygen atoms in total. The Hall–Kier alpha value is -4.47. The molecule has 1 atom stereocenters. The molecule has 0 saturated heterocycles. The molecule has 40 heavy (non-hydrogen) atoms. The van der Waals surface area contributed by atoms with Crippen LogP contribution < -0.4 is 0 Å². The summed E-state index contributed by atoms with van der Waals surface area (Å²) in [6.07, 6.45) is 0.571. The summed E-state index contributed by atoms with van der Waals surface area (Å²) in [5.41, 5.74) is 6.43. The van der Waals surface area contributed by atoms with E-state index in [1.165, 1.54) is 5.56 Å². The molecule has 200 valence electrons. The Balaban J connectivity index is 1.51. The normalized spacial score (nSPS) is 11.8. The van der Waals surface area contributed by atoms with Crippen molar-refractivity contribution < 1.29 is 14.6 Å². The number of methoxy groups -OCH3 is 1. The number of H-pyrrole nitrogens is 1. The maximum atomic E-state index is 13.3. The largest absolute Gasteiger partial charge is 0.383 e. The van der Waals surface area contributed by atoms with Crippen LogP contribution in [-0.4, -0.2) is 48.1 Å². The van der Waals surface area contributed by atoms with Gasteiger partial charge in [-0.15, -0.1) is 0 Å². The van der Waals surface area contributed by atoms with E-state index in [1.54, 1.807) is 37.4 Å². The third-order valence-electron chi connectivity index (χ3n) is 6.97. The Morgan fingerprint density at radius 3 is 2.52 bits per heavy atom. The van der Waals surface area contributed by atoms with Crippen molar-refractivity contribution in [3.8, 4) is 23.0 Å². The zero-order chi connectivity index (χ0) is 27.9. The number of ether oxygens (including phenoxy) is 1. The number of hydrogen-bond donors (Lipinski definition) is 2. The van der Waals surface area contributed by atoms with Crippen molar-refractivity contribution in [3.63, 3.8) is 0 Å². The maximum Gasteiger partial charge on any atom is 0.195 e. The quantitative estimate of drug-likeness (QED) is 0.176. The molecule has 4 aromatic carbocycles. The average molecular weight is 529 g/mol. The van der Waals surface area contributed by atoms with E-state index in [4.69, 9.17) is 4.74 Å². The Kier molecular flexibility index (Phi) is 8.53. The molecule has 5 rings (SSSR count). The van der Waals surface area contributed by atoms with Gasteiger partial charge in [0.1, 0.15) is 6.10 Å². The molecule has 1 heterocycles. The van der Waals surface area contributed by atoms with Crippen molar-refractivity contribution >= 4 is 16.7 Å². The van der Waals surface area contributed by atoms with Crippen LogP contribution in [0.1, 0.15) is 38.7 Å². The van der Waals surface area contributed by atoms with Gasteiger partial charge in [0.15, 0.2) is 5.78 Å². The zero-order valence-electron chi connectivity index (χ0n) is 22.7. The minimum atomic E-state index is -1.33. The van der Waals surface area contributed by atoms with Crippen LogP contribution >= 0.6 is 0 Å². The van der Waals surface area contributed by atoms with Crippen molar-refractivity contribution in [1.82, 2.24) is 9.88 Å². The van der Waals surface area contributed by atoms with Crippen LogP contribution in [0.25, 0.3) is 22.0 Å². The molecule has 0 bridgehead atoms.